The third-order valence-electron chi connectivity index (χ3n) is 5.62. The van der Waals surface area contributed by atoms with Crippen molar-refractivity contribution in [2.24, 2.45) is 0 Å². The predicted octanol–water partition coefficient (Wildman–Crippen LogP) is 2.86. The van der Waals surface area contributed by atoms with Crippen molar-refractivity contribution in [2.45, 2.75) is 50.5 Å². The summed E-state index contributed by atoms with van der Waals surface area (Å²) >= 11 is 0. The summed E-state index contributed by atoms with van der Waals surface area (Å²) in [6.07, 6.45) is 4.36. The van der Waals surface area contributed by atoms with Crippen LogP contribution in [0.4, 0.5) is 4.39 Å². The number of nitrogens with one attached hydrogen (secondary N) is 1. The number of halogens is 1. The zero-order valence-corrected chi connectivity index (χ0v) is 15.1. The SMILES string of the molecule is CCCN1CCC(NC(=O)C2(c3cccc(F)c3)CCOCC2)CC1. The Morgan fingerprint density at radius 2 is 2.04 bits per heavy atom. The van der Waals surface area contributed by atoms with E-state index in [1.54, 1.807) is 6.07 Å². The molecule has 2 aliphatic rings. The fourth-order valence-electron chi connectivity index (χ4n) is 4.09. The molecule has 0 aromatic heterocycles. The van der Waals surface area contributed by atoms with Crippen LogP contribution in [0.25, 0.3) is 0 Å². The Morgan fingerprint density at radius 1 is 1.32 bits per heavy atom. The van der Waals surface area contributed by atoms with Gasteiger partial charge in [0.05, 0.1) is 5.41 Å². The number of hydrogen-bond acceptors (Lipinski definition) is 3. The highest BCUT2D eigenvalue weighted by molar-refractivity contribution is 5.88. The molecule has 0 unspecified atom stereocenters. The number of carbonyl (C=O) groups excluding carboxylic acids is 1. The van der Waals surface area contributed by atoms with Gasteiger partial charge in [-0.15, -0.1) is 0 Å². The molecule has 0 saturated carbocycles. The number of amides is 1. The van der Waals surface area contributed by atoms with Crippen LogP contribution in [0.3, 0.4) is 0 Å². The molecule has 2 fully saturated rings. The van der Waals surface area contributed by atoms with Gasteiger partial charge in [0.15, 0.2) is 0 Å². The van der Waals surface area contributed by atoms with Crippen LogP contribution in [-0.4, -0.2) is 49.7 Å². The lowest BCUT2D eigenvalue weighted by Gasteiger charge is -2.39. The number of nitrogens with zero attached hydrogens (tertiary/aromatic N) is 1. The Morgan fingerprint density at radius 3 is 2.68 bits per heavy atom. The summed E-state index contributed by atoms with van der Waals surface area (Å²) in [7, 11) is 0. The maximum atomic E-state index is 13.8. The van der Waals surface area contributed by atoms with Gasteiger partial charge in [0.2, 0.25) is 5.91 Å². The summed E-state index contributed by atoms with van der Waals surface area (Å²) in [6.45, 7) is 6.48. The molecule has 138 valence electrons. The topological polar surface area (TPSA) is 41.6 Å². The number of hydrogen-bond donors (Lipinski definition) is 1. The van der Waals surface area contributed by atoms with Crippen molar-refractivity contribution in [3.05, 3.63) is 35.6 Å². The average molecular weight is 348 g/mol. The monoisotopic (exact) mass is 348 g/mol. The van der Waals surface area contributed by atoms with Crippen molar-refractivity contribution in [3.63, 3.8) is 0 Å². The van der Waals surface area contributed by atoms with Crippen molar-refractivity contribution in [3.8, 4) is 0 Å². The molecular formula is C20H29FN2O2. The smallest absolute Gasteiger partial charge is 0.231 e. The van der Waals surface area contributed by atoms with Crippen LogP contribution in [0.15, 0.2) is 24.3 Å². The maximum absolute atomic E-state index is 13.8. The summed E-state index contributed by atoms with van der Waals surface area (Å²) in [5.41, 5.74) is 0.109. The second kappa shape index (κ2) is 8.28. The molecule has 1 N–H and O–H groups in total. The third-order valence-corrected chi connectivity index (χ3v) is 5.62. The van der Waals surface area contributed by atoms with Gasteiger partial charge in [0.25, 0.3) is 0 Å². The predicted molar refractivity (Wildman–Crippen MR) is 96.0 cm³/mol. The first-order valence-electron chi connectivity index (χ1n) is 9.51. The number of piperidine rings is 1. The van der Waals surface area contributed by atoms with Crippen molar-refractivity contribution in [2.75, 3.05) is 32.8 Å². The van der Waals surface area contributed by atoms with Gasteiger partial charge in [-0.05, 0) is 56.3 Å². The number of carbonyl (C=O) groups is 1. The van der Waals surface area contributed by atoms with Crippen molar-refractivity contribution in [1.29, 1.82) is 0 Å². The molecule has 1 aromatic carbocycles. The van der Waals surface area contributed by atoms with E-state index in [-0.39, 0.29) is 17.8 Å². The second-order valence-corrected chi connectivity index (χ2v) is 7.29. The molecule has 0 aliphatic carbocycles. The first-order chi connectivity index (χ1) is 12.1. The Labute approximate surface area is 149 Å². The van der Waals surface area contributed by atoms with Gasteiger partial charge in [-0.2, -0.15) is 0 Å². The van der Waals surface area contributed by atoms with E-state index in [0.717, 1.165) is 38.0 Å². The Kier molecular flexibility index (Phi) is 6.07. The van der Waals surface area contributed by atoms with Gasteiger partial charge in [-0.1, -0.05) is 19.1 Å². The van der Waals surface area contributed by atoms with Gasteiger partial charge in [-0.3, -0.25) is 4.79 Å². The fourth-order valence-corrected chi connectivity index (χ4v) is 4.09. The van der Waals surface area contributed by atoms with Gasteiger partial charge in [0, 0.05) is 32.3 Å². The van der Waals surface area contributed by atoms with E-state index in [2.05, 4.69) is 17.1 Å². The summed E-state index contributed by atoms with van der Waals surface area (Å²) in [4.78, 5) is 15.7. The minimum atomic E-state index is -0.666. The highest BCUT2D eigenvalue weighted by Crippen LogP contribution is 2.36. The quantitative estimate of drug-likeness (QED) is 0.890. The standard InChI is InChI=1S/C20H29FN2O2/c1-2-10-23-11-6-18(7-12-23)22-19(24)20(8-13-25-14-9-20)16-4-3-5-17(21)15-16/h3-5,15,18H,2,6-14H2,1H3,(H,22,24). The summed E-state index contributed by atoms with van der Waals surface area (Å²) in [5.74, 6) is -0.251. The first-order valence-corrected chi connectivity index (χ1v) is 9.51. The molecule has 3 rings (SSSR count). The molecule has 2 saturated heterocycles. The Bertz CT molecular complexity index is 579. The van der Waals surface area contributed by atoms with E-state index in [1.807, 2.05) is 6.07 Å². The van der Waals surface area contributed by atoms with Crippen LogP contribution in [0.5, 0.6) is 0 Å². The lowest BCUT2D eigenvalue weighted by Crippen LogP contribution is -2.53. The highest BCUT2D eigenvalue weighted by atomic mass is 19.1. The normalized spacial score (nSPS) is 21.8. The third kappa shape index (κ3) is 4.21. The molecule has 2 aliphatic heterocycles. The van der Waals surface area contributed by atoms with E-state index in [4.69, 9.17) is 4.74 Å². The van der Waals surface area contributed by atoms with Gasteiger partial charge >= 0.3 is 0 Å². The molecule has 2 heterocycles. The molecule has 5 heteroatoms. The van der Waals surface area contributed by atoms with Crippen LogP contribution in [0.2, 0.25) is 0 Å². The van der Waals surface area contributed by atoms with E-state index >= 15 is 0 Å². The largest absolute Gasteiger partial charge is 0.381 e. The number of likely N-dealkylation sites (tertiary alicyclic amines) is 1. The Balaban J connectivity index is 1.70. The van der Waals surface area contributed by atoms with Crippen LogP contribution in [-0.2, 0) is 14.9 Å². The van der Waals surface area contributed by atoms with E-state index in [0.29, 0.717) is 26.1 Å². The number of ether oxygens (including phenoxy) is 1. The van der Waals surface area contributed by atoms with E-state index in [1.165, 1.54) is 18.6 Å². The van der Waals surface area contributed by atoms with Gasteiger partial charge < -0.3 is 15.0 Å². The zero-order valence-electron chi connectivity index (χ0n) is 15.1. The first kappa shape index (κ1) is 18.3. The Hall–Kier alpha value is -1.46. The van der Waals surface area contributed by atoms with Crippen molar-refractivity contribution >= 4 is 5.91 Å². The molecule has 0 bridgehead atoms. The van der Waals surface area contributed by atoms with Crippen LogP contribution >= 0.6 is 0 Å². The molecule has 0 atom stereocenters. The zero-order chi connectivity index (χ0) is 17.7. The minimum absolute atomic E-state index is 0.0374. The van der Waals surface area contributed by atoms with Crippen LogP contribution in [0.1, 0.15) is 44.6 Å². The van der Waals surface area contributed by atoms with Crippen molar-refractivity contribution in [1.82, 2.24) is 10.2 Å². The fraction of sp³-hybridized carbons (Fsp3) is 0.650. The second-order valence-electron chi connectivity index (χ2n) is 7.29. The summed E-state index contributed by atoms with van der Waals surface area (Å²) < 4.78 is 19.2. The average Bonchev–Trinajstić information content (AvgIpc) is 2.64. The summed E-state index contributed by atoms with van der Waals surface area (Å²) in [5, 5.41) is 3.27. The van der Waals surface area contributed by atoms with Crippen molar-refractivity contribution < 1.29 is 13.9 Å². The molecule has 0 spiro atoms. The minimum Gasteiger partial charge on any atom is -0.381 e. The van der Waals surface area contributed by atoms with Crippen LogP contribution in [0, 0.1) is 5.82 Å². The van der Waals surface area contributed by atoms with Gasteiger partial charge in [0.1, 0.15) is 5.82 Å². The highest BCUT2D eigenvalue weighted by Gasteiger charge is 2.42. The van der Waals surface area contributed by atoms with E-state index in [9.17, 15) is 9.18 Å². The summed E-state index contributed by atoms with van der Waals surface area (Å²) in [6, 6.07) is 6.72. The van der Waals surface area contributed by atoms with E-state index < -0.39 is 5.41 Å². The van der Waals surface area contributed by atoms with Gasteiger partial charge in [-0.25, -0.2) is 4.39 Å². The molecular weight excluding hydrogens is 319 g/mol. The lowest BCUT2D eigenvalue weighted by molar-refractivity contribution is -0.131. The molecule has 1 aromatic rings. The molecule has 25 heavy (non-hydrogen) atoms. The molecule has 1 amide bonds. The number of benzene rings is 1. The molecule has 0 radical (unpaired) electrons. The lowest BCUT2D eigenvalue weighted by atomic mass is 9.73. The maximum Gasteiger partial charge on any atom is 0.231 e. The number of rotatable bonds is 5. The molecule has 4 nitrogen and oxygen atoms in total. The van der Waals surface area contributed by atoms with Crippen LogP contribution < -0.4 is 5.32 Å².